The monoisotopic (exact) mass is 468 g/mol. The van der Waals surface area contributed by atoms with Crippen LogP contribution in [0.4, 0.5) is 0 Å². The third-order valence-electron chi connectivity index (χ3n) is 5.92. The number of benzene rings is 1. The molecular formula is C25H44N2O6. The minimum absolute atomic E-state index is 0.104. The van der Waals surface area contributed by atoms with E-state index in [0.29, 0.717) is 43.5 Å². The molecule has 0 heterocycles. The van der Waals surface area contributed by atoms with Gasteiger partial charge in [0.15, 0.2) is 11.5 Å². The van der Waals surface area contributed by atoms with Gasteiger partial charge in [0.05, 0.1) is 19.8 Å². The Hall–Kier alpha value is -1.87. The molecule has 0 bridgehead atoms. The average molecular weight is 469 g/mol. The fourth-order valence-electron chi connectivity index (χ4n) is 3.68. The highest BCUT2D eigenvalue weighted by Gasteiger charge is 2.24. The third-order valence-corrected chi connectivity index (χ3v) is 5.92. The molecule has 0 aliphatic rings. The summed E-state index contributed by atoms with van der Waals surface area (Å²) >= 11 is 0. The summed E-state index contributed by atoms with van der Waals surface area (Å²) in [5, 5.41) is 13.2. The van der Waals surface area contributed by atoms with Gasteiger partial charge in [-0.25, -0.2) is 0 Å². The van der Waals surface area contributed by atoms with Crippen molar-refractivity contribution in [2.75, 3.05) is 41.1 Å². The van der Waals surface area contributed by atoms with E-state index < -0.39 is 18.2 Å². The van der Waals surface area contributed by atoms with Gasteiger partial charge in [-0.2, -0.15) is 0 Å². The molecule has 0 fully saturated rings. The lowest BCUT2D eigenvalue weighted by molar-refractivity contribution is -0.131. The van der Waals surface area contributed by atoms with Gasteiger partial charge in [-0.15, -0.1) is 0 Å². The van der Waals surface area contributed by atoms with Crippen molar-refractivity contribution in [1.82, 2.24) is 5.32 Å². The van der Waals surface area contributed by atoms with Crippen molar-refractivity contribution < 1.29 is 28.8 Å². The highest BCUT2D eigenvalue weighted by Crippen LogP contribution is 2.31. The molecule has 0 aliphatic heterocycles. The predicted octanol–water partition coefficient (Wildman–Crippen LogP) is 2.54. The number of ether oxygens (including phenoxy) is 4. The van der Waals surface area contributed by atoms with Crippen LogP contribution >= 0.6 is 0 Å². The summed E-state index contributed by atoms with van der Waals surface area (Å²) in [6.07, 6.45) is 1.44. The summed E-state index contributed by atoms with van der Waals surface area (Å²) in [5.41, 5.74) is 7.44. The maximum Gasteiger partial charge on any atom is 0.249 e. The molecule has 8 heteroatoms. The molecular weight excluding hydrogens is 424 g/mol. The van der Waals surface area contributed by atoms with Crippen molar-refractivity contribution in [2.45, 2.75) is 64.7 Å². The highest BCUT2D eigenvalue weighted by atomic mass is 16.5. The Bertz CT molecular complexity index is 681. The first-order valence-electron chi connectivity index (χ1n) is 11.8. The summed E-state index contributed by atoms with van der Waals surface area (Å²) in [5.74, 6) is 1.79. The lowest BCUT2D eigenvalue weighted by Crippen LogP contribution is -2.47. The Morgan fingerprint density at radius 3 is 2.45 bits per heavy atom. The van der Waals surface area contributed by atoms with Crippen LogP contribution < -0.4 is 20.5 Å². The number of carbonyl (C=O) groups excluding carboxylic acids is 1. The minimum atomic E-state index is -0.833. The number of nitrogens with one attached hydrogen (secondary N) is 1. The maximum atomic E-state index is 12.1. The maximum absolute atomic E-state index is 12.1. The SMILES string of the molecule is CC[C@@H](OC)C(=O)NC[C@H](O)[C@@H](N)C[C@H](Cc1ccc(OC)c(OCCCOC)c1)C(C)C. The lowest BCUT2D eigenvalue weighted by Gasteiger charge is -2.28. The van der Waals surface area contributed by atoms with Gasteiger partial charge in [-0.05, 0) is 48.8 Å². The summed E-state index contributed by atoms with van der Waals surface area (Å²) in [7, 11) is 4.80. The summed E-state index contributed by atoms with van der Waals surface area (Å²) < 4.78 is 21.5. The van der Waals surface area contributed by atoms with Crippen LogP contribution in [-0.4, -0.2) is 70.4 Å². The fraction of sp³-hybridized carbons (Fsp3) is 0.720. The number of hydrogen-bond donors (Lipinski definition) is 3. The van der Waals surface area contributed by atoms with Crippen LogP contribution in [0.25, 0.3) is 0 Å². The molecule has 0 saturated carbocycles. The number of nitrogens with two attached hydrogens (primary N) is 1. The second-order valence-corrected chi connectivity index (χ2v) is 8.73. The zero-order valence-electron chi connectivity index (χ0n) is 21.1. The molecule has 1 rings (SSSR count). The molecule has 0 unspecified atom stereocenters. The Morgan fingerprint density at radius 1 is 1.15 bits per heavy atom. The Labute approximate surface area is 199 Å². The van der Waals surface area contributed by atoms with Crippen molar-refractivity contribution >= 4 is 5.91 Å². The third kappa shape index (κ3) is 10.3. The summed E-state index contributed by atoms with van der Waals surface area (Å²) in [6.45, 7) is 7.48. The lowest BCUT2D eigenvalue weighted by atomic mass is 9.83. The number of aliphatic hydroxyl groups excluding tert-OH is 1. The van der Waals surface area contributed by atoms with Crippen LogP contribution in [0.3, 0.4) is 0 Å². The van der Waals surface area contributed by atoms with Crippen LogP contribution in [0.2, 0.25) is 0 Å². The Balaban J connectivity index is 2.74. The van der Waals surface area contributed by atoms with E-state index in [1.165, 1.54) is 7.11 Å². The van der Waals surface area contributed by atoms with Crippen molar-refractivity contribution in [3.05, 3.63) is 23.8 Å². The normalized spacial score (nSPS) is 15.1. The van der Waals surface area contributed by atoms with Gasteiger partial charge in [0.25, 0.3) is 0 Å². The van der Waals surface area contributed by atoms with Gasteiger partial charge in [0, 0.05) is 39.8 Å². The topological polar surface area (TPSA) is 112 Å². The number of methoxy groups -OCH3 is 3. The molecule has 0 spiro atoms. The van der Waals surface area contributed by atoms with Crippen molar-refractivity contribution in [3.8, 4) is 11.5 Å². The van der Waals surface area contributed by atoms with Crippen LogP contribution in [0.15, 0.2) is 18.2 Å². The van der Waals surface area contributed by atoms with E-state index in [2.05, 4.69) is 19.2 Å². The van der Waals surface area contributed by atoms with Gasteiger partial charge in [-0.1, -0.05) is 26.8 Å². The number of amides is 1. The van der Waals surface area contributed by atoms with Crippen LogP contribution in [0.5, 0.6) is 11.5 Å². The molecule has 0 aliphatic carbocycles. The van der Waals surface area contributed by atoms with Crippen LogP contribution in [0.1, 0.15) is 45.6 Å². The van der Waals surface area contributed by atoms with E-state index in [1.54, 1.807) is 14.2 Å². The largest absolute Gasteiger partial charge is 0.493 e. The molecule has 1 aromatic rings. The molecule has 33 heavy (non-hydrogen) atoms. The molecule has 0 radical (unpaired) electrons. The first-order valence-corrected chi connectivity index (χ1v) is 11.8. The molecule has 190 valence electrons. The average Bonchev–Trinajstić information content (AvgIpc) is 2.80. The van der Waals surface area contributed by atoms with Gasteiger partial charge in [0.2, 0.25) is 5.91 Å². The van der Waals surface area contributed by atoms with Crippen molar-refractivity contribution in [2.24, 2.45) is 17.6 Å². The molecule has 4 N–H and O–H groups in total. The number of hydrogen-bond acceptors (Lipinski definition) is 7. The quantitative estimate of drug-likeness (QED) is 0.301. The number of carbonyl (C=O) groups is 1. The zero-order valence-corrected chi connectivity index (χ0v) is 21.1. The second kappa shape index (κ2) is 15.9. The molecule has 1 aromatic carbocycles. The smallest absolute Gasteiger partial charge is 0.249 e. The standard InChI is InChI=1S/C25H44N2O6/c1-7-22(31-5)25(29)27-16-21(28)20(26)15-19(17(2)3)13-18-9-10-23(32-6)24(14-18)33-12-8-11-30-4/h9-10,14,17,19-22,28H,7-8,11-13,15-16,26H2,1-6H3,(H,27,29)/t19-,20-,21-,22+/m0/s1. The summed E-state index contributed by atoms with van der Waals surface area (Å²) in [6, 6.07) is 5.51. The van der Waals surface area contributed by atoms with Gasteiger partial charge >= 0.3 is 0 Å². The van der Waals surface area contributed by atoms with Crippen LogP contribution in [-0.2, 0) is 20.7 Å². The molecule has 1 amide bonds. The van der Waals surface area contributed by atoms with E-state index in [-0.39, 0.29) is 18.4 Å². The first-order chi connectivity index (χ1) is 15.8. The number of aliphatic hydroxyl groups is 1. The zero-order chi connectivity index (χ0) is 24.8. The van der Waals surface area contributed by atoms with E-state index in [4.69, 9.17) is 24.7 Å². The fourth-order valence-corrected chi connectivity index (χ4v) is 3.68. The van der Waals surface area contributed by atoms with E-state index in [1.807, 2.05) is 25.1 Å². The van der Waals surface area contributed by atoms with Crippen molar-refractivity contribution in [1.29, 1.82) is 0 Å². The Kier molecular flexibility index (Phi) is 14.0. The highest BCUT2D eigenvalue weighted by molar-refractivity contribution is 5.80. The predicted molar refractivity (Wildman–Crippen MR) is 130 cm³/mol. The van der Waals surface area contributed by atoms with Crippen molar-refractivity contribution in [3.63, 3.8) is 0 Å². The Morgan fingerprint density at radius 2 is 1.88 bits per heavy atom. The minimum Gasteiger partial charge on any atom is -0.493 e. The van der Waals surface area contributed by atoms with E-state index >= 15 is 0 Å². The molecule has 8 nitrogen and oxygen atoms in total. The van der Waals surface area contributed by atoms with E-state index in [0.717, 1.165) is 18.4 Å². The van der Waals surface area contributed by atoms with Gasteiger partial charge in [0.1, 0.15) is 6.10 Å². The molecule has 4 atom stereocenters. The van der Waals surface area contributed by atoms with Gasteiger partial charge < -0.3 is 35.1 Å². The molecule has 0 saturated heterocycles. The number of rotatable bonds is 17. The summed E-state index contributed by atoms with van der Waals surface area (Å²) in [4.78, 5) is 12.1. The first kappa shape index (κ1) is 29.2. The van der Waals surface area contributed by atoms with E-state index in [9.17, 15) is 9.90 Å². The second-order valence-electron chi connectivity index (χ2n) is 8.73. The van der Waals surface area contributed by atoms with Gasteiger partial charge in [-0.3, -0.25) is 4.79 Å². The molecule has 0 aromatic heterocycles. The van der Waals surface area contributed by atoms with Crippen LogP contribution in [0, 0.1) is 11.8 Å².